The van der Waals surface area contributed by atoms with E-state index in [4.69, 9.17) is 5.73 Å². The molecule has 0 saturated heterocycles. The van der Waals surface area contributed by atoms with Gasteiger partial charge < -0.3 is 15.7 Å². The summed E-state index contributed by atoms with van der Waals surface area (Å²) in [5.74, 6) is 0. The Labute approximate surface area is 80.4 Å². The van der Waals surface area contributed by atoms with Crippen molar-refractivity contribution in [2.24, 2.45) is 5.73 Å². The summed E-state index contributed by atoms with van der Waals surface area (Å²) in [6.45, 7) is 4.71. The summed E-state index contributed by atoms with van der Waals surface area (Å²) in [7, 11) is 0. The number of rotatable bonds is 2. The molecule has 0 aliphatic rings. The Kier molecular flexibility index (Phi) is 3.95. The standard InChI is InChI=1S/C7H12N3.Pd/c1-7(2,4-8)6-3-9-5-10-6;/h3,5H,4,8H2,1-2H3;/q-1;. The fraction of sp³-hybridized carbons (Fsp3) is 0.571. The fourth-order valence-corrected chi connectivity index (χ4v) is 0.687. The molecule has 0 aromatic carbocycles. The van der Waals surface area contributed by atoms with Crippen LogP contribution in [-0.2, 0) is 25.8 Å². The zero-order valence-corrected chi connectivity index (χ0v) is 8.20. The summed E-state index contributed by atoms with van der Waals surface area (Å²) in [6, 6.07) is 0. The average Bonchev–Trinajstić information content (AvgIpc) is 2.38. The first kappa shape index (κ1) is 10.8. The summed E-state index contributed by atoms with van der Waals surface area (Å²) in [4.78, 5) is 7.94. The Hall–Kier alpha value is -0.168. The number of aromatic nitrogens is 2. The summed E-state index contributed by atoms with van der Waals surface area (Å²) in [5, 5.41) is 0. The molecule has 0 fully saturated rings. The first-order valence-electron chi connectivity index (χ1n) is 3.30. The van der Waals surface area contributed by atoms with Gasteiger partial charge in [0.15, 0.2) is 0 Å². The summed E-state index contributed by atoms with van der Waals surface area (Å²) in [6.07, 6.45) is 3.31. The molecule has 66 valence electrons. The molecule has 11 heavy (non-hydrogen) atoms. The van der Waals surface area contributed by atoms with Gasteiger partial charge in [-0.25, -0.2) is 0 Å². The second-order valence-electron chi connectivity index (χ2n) is 3.00. The molecule has 3 nitrogen and oxygen atoms in total. The minimum absolute atomic E-state index is 0. The van der Waals surface area contributed by atoms with E-state index in [-0.39, 0.29) is 25.8 Å². The van der Waals surface area contributed by atoms with E-state index in [0.717, 1.165) is 5.69 Å². The van der Waals surface area contributed by atoms with Crippen molar-refractivity contribution in [2.75, 3.05) is 6.54 Å². The van der Waals surface area contributed by atoms with Gasteiger partial charge in [-0.2, -0.15) is 0 Å². The van der Waals surface area contributed by atoms with Crippen LogP contribution in [0.25, 0.3) is 0 Å². The van der Waals surface area contributed by atoms with Crippen LogP contribution >= 0.6 is 0 Å². The molecule has 0 amide bonds. The van der Waals surface area contributed by atoms with Crippen LogP contribution in [0.2, 0.25) is 0 Å². The van der Waals surface area contributed by atoms with Gasteiger partial charge in [-0.15, -0.1) is 0 Å². The molecule has 0 bridgehead atoms. The quantitative estimate of drug-likeness (QED) is 0.760. The third kappa shape index (κ3) is 2.41. The number of hydrogen-bond donors (Lipinski definition) is 1. The molecule has 0 radical (unpaired) electrons. The molecule has 1 aromatic rings. The Morgan fingerprint density at radius 2 is 2.27 bits per heavy atom. The first-order valence-corrected chi connectivity index (χ1v) is 3.30. The van der Waals surface area contributed by atoms with Crippen LogP contribution in [0.1, 0.15) is 19.5 Å². The minimum atomic E-state index is -0.0313. The van der Waals surface area contributed by atoms with Crippen molar-refractivity contribution < 1.29 is 20.4 Å². The SMILES string of the molecule is CC(C)(CN)c1cnc[n-]1.[Pd]. The van der Waals surface area contributed by atoms with E-state index in [9.17, 15) is 0 Å². The molecule has 1 aromatic heterocycles. The van der Waals surface area contributed by atoms with Gasteiger partial charge in [0.25, 0.3) is 0 Å². The maximum Gasteiger partial charge on any atom is 0.00111 e. The Morgan fingerprint density at radius 3 is 2.64 bits per heavy atom. The van der Waals surface area contributed by atoms with Crippen molar-refractivity contribution in [2.45, 2.75) is 19.3 Å². The third-order valence-electron chi connectivity index (χ3n) is 1.66. The second-order valence-corrected chi connectivity index (χ2v) is 3.00. The molecule has 0 aliphatic carbocycles. The fourth-order valence-electron chi connectivity index (χ4n) is 0.687. The van der Waals surface area contributed by atoms with Gasteiger partial charge in [-0.3, -0.25) is 0 Å². The van der Waals surface area contributed by atoms with Gasteiger partial charge in [0, 0.05) is 27.0 Å². The molecule has 4 heteroatoms. The largest absolute Gasteiger partial charge is 0.450 e. The van der Waals surface area contributed by atoms with Crippen molar-refractivity contribution in [3.63, 3.8) is 0 Å². The zero-order valence-electron chi connectivity index (χ0n) is 6.65. The molecule has 2 N–H and O–H groups in total. The van der Waals surface area contributed by atoms with Gasteiger partial charge in [0.05, 0.1) is 0 Å². The predicted octanol–water partition coefficient (Wildman–Crippen LogP) is 0.273. The molecule has 0 aliphatic heterocycles. The van der Waals surface area contributed by atoms with Crippen molar-refractivity contribution in [1.29, 1.82) is 0 Å². The molecule has 0 unspecified atom stereocenters. The van der Waals surface area contributed by atoms with E-state index in [0.29, 0.717) is 6.54 Å². The van der Waals surface area contributed by atoms with Gasteiger partial charge >= 0.3 is 0 Å². The maximum atomic E-state index is 5.53. The first-order chi connectivity index (χ1) is 4.67. The molecule has 0 saturated carbocycles. The monoisotopic (exact) mass is 244 g/mol. The molecule has 1 rings (SSSR count). The normalized spacial score (nSPS) is 10.8. The Balaban J connectivity index is 0.000001000. The van der Waals surface area contributed by atoms with Crippen molar-refractivity contribution in [3.05, 3.63) is 18.2 Å². The average molecular weight is 245 g/mol. The summed E-state index contributed by atoms with van der Waals surface area (Å²) < 4.78 is 0. The summed E-state index contributed by atoms with van der Waals surface area (Å²) in [5.41, 5.74) is 6.47. The van der Waals surface area contributed by atoms with E-state index in [1.807, 2.05) is 0 Å². The van der Waals surface area contributed by atoms with E-state index in [1.54, 1.807) is 12.5 Å². The molecule has 0 spiro atoms. The topological polar surface area (TPSA) is 53.0 Å². The van der Waals surface area contributed by atoms with E-state index < -0.39 is 0 Å². The number of imidazole rings is 1. The zero-order chi connectivity index (χ0) is 7.61. The van der Waals surface area contributed by atoms with Gasteiger partial charge in [-0.05, 0) is 5.41 Å². The van der Waals surface area contributed by atoms with E-state index in [1.165, 1.54) is 0 Å². The van der Waals surface area contributed by atoms with Crippen LogP contribution in [0.4, 0.5) is 0 Å². The molecule has 1 heterocycles. The Morgan fingerprint density at radius 1 is 1.64 bits per heavy atom. The van der Waals surface area contributed by atoms with Gasteiger partial charge in [0.1, 0.15) is 0 Å². The van der Waals surface area contributed by atoms with Crippen LogP contribution < -0.4 is 10.7 Å². The van der Waals surface area contributed by atoms with Crippen molar-refractivity contribution in [1.82, 2.24) is 9.97 Å². The van der Waals surface area contributed by atoms with Crippen LogP contribution in [0, 0.1) is 0 Å². The van der Waals surface area contributed by atoms with Crippen LogP contribution in [0.3, 0.4) is 0 Å². The van der Waals surface area contributed by atoms with Crippen LogP contribution in [0.5, 0.6) is 0 Å². The van der Waals surface area contributed by atoms with E-state index >= 15 is 0 Å². The smallest absolute Gasteiger partial charge is 0.00111 e. The van der Waals surface area contributed by atoms with Crippen molar-refractivity contribution >= 4 is 0 Å². The Bertz CT molecular complexity index is 193. The third-order valence-corrected chi connectivity index (χ3v) is 1.66. The minimum Gasteiger partial charge on any atom is -0.450 e. The summed E-state index contributed by atoms with van der Waals surface area (Å²) >= 11 is 0. The second kappa shape index (κ2) is 4.01. The van der Waals surface area contributed by atoms with Gasteiger partial charge in [-0.1, -0.05) is 32.1 Å². The number of hydrogen-bond acceptors (Lipinski definition) is 2. The van der Waals surface area contributed by atoms with E-state index in [2.05, 4.69) is 23.8 Å². The van der Waals surface area contributed by atoms with Gasteiger partial charge in [0.2, 0.25) is 0 Å². The van der Waals surface area contributed by atoms with Crippen molar-refractivity contribution in [3.8, 4) is 0 Å². The maximum absolute atomic E-state index is 5.53. The number of nitrogens with two attached hydrogens (primary N) is 1. The molecular formula is C7H12N3Pd-. The number of nitrogens with zero attached hydrogens (tertiary/aromatic N) is 2. The van der Waals surface area contributed by atoms with Crippen LogP contribution in [-0.4, -0.2) is 11.5 Å². The predicted molar refractivity (Wildman–Crippen MR) is 39.6 cm³/mol. The molecule has 0 atom stereocenters. The molecular weight excluding hydrogens is 233 g/mol. The van der Waals surface area contributed by atoms with Crippen LogP contribution in [0.15, 0.2) is 12.5 Å².